The third-order valence-corrected chi connectivity index (χ3v) is 10.9. The smallest absolute Gasteiger partial charge is 0.196 e. The second-order valence-corrected chi connectivity index (χ2v) is 14.2. The summed E-state index contributed by atoms with van der Waals surface area (Å²) in [6.45, 7) is 4.69. The van der Waals surface area contributed by atoms with Crippen molar-refractivity contribution in [1.82, 2.24) is 0 Å². The van der Waals surface area contributed by atoms with Crippen LogP contribution in [-0.4, -0.2) is 0 Å². The van der Waals surface area contributed by atoms with E-state index in [0.717, 1.165) is 50.2 Å². The molecule has 1 aliphatic heterocycles. The van der Waals surface area contributed by atoms with Crippen molar-refractivity contribution in [2.75, 3.05) is 10.2 Å². The second-order valence-electron chi connectivity index (χ2n) is 14.2. The van der Waals surface area contributed by atoms with Gasteiger partial charge >= 0.3 is 0 Å². The van der Waals surface area contributed by atoms with Crippen molar-refractivity contribution in [1.29, 1.82) is 0 Å². The van der Waals surface area contributed by atoms with Crippen molar-refractivity contribution in [3.63, 3.8) is 0 Å². The predicted octanol–water partition coefficient (Wildman–Crippen LogP) is 12.9. The Morgan fingerprint density at radius 3 is 1.90 bits per heavy atom. The maximum atomic E-state index is 6.72. The number of anilines is 4. The Labute approximate surface area is 298 Å². The van der Waals surface area contributed by atoms with Crippen LogP contribution < -0.4 is 15.0 Å². The van der Waals surface area contributed by atoms with Crippen molar-refractivity contribution in [3.8, 4) is 28.0 Å². The fraction of sp³-hybridized carbons (Fsp3) is 0.0833. The van der Waals surface area contributed by atoms with Gasteiger partial charge in [0.15, 0.2) is 12.0 Å². The summed E-state index contributed by atoms with van der Waals surface area (Å²) < 4.78 is 6.72. The molecule has 1 unspecified atom stereocenters. The van der Waals surface area contributed by atoms with Gasteiger partial charge in [0.1, 0.15) is 0 Å². The van der Waals surface area contributed by atoms with Crippen LogP contribution in [0.3, 0.4) is 0 Å². The average molecular weight is 657 g/mol. The molecule has 2 aliphatic rings. The van der Waals surface area contributed by atoms with E-state index in [2.05, 4.69) is 188 Å². The van der Waals surface area contributed by atoms with E-state index in [0.29, 0.717) is 0 Å². The number of benzene rings is 8. The topological polar surface area (TPSA) is 24.5 Å². The van der Waals surface area contributed by atoms with Gasteiger partial charge in [0.25, 0.3) is 0 Å². The quantitative estimate of drug-likeness (QED) is 0.187. The fourth-order valence-electron chi connectivity index (χ4n) is 8.32. The molecule has 1 N–H and O–H groups in total. The Hall–Kier alpha value is -6.32. The monoisotopic (exact) mass is 656 g/mol. The van der Waals surface area contributed by atoms with E-state index >= 15 is 0 Å². The highest BCUT2D eigenvalue weighted by atomic mass is 16.5. The minimum atomic E-state index is -0.242. The van der Waals surface area contributed by atoms with Crippen LogP contribution in [0.25, 0.3) is 43.8 Å². The number of fused-ring (bicyclic) bond motifs is 9. The highest BCUT2D eigenvalue weighted by Crippen LogP contribution is 2.52. The summed E-state index contributed by atoms with van der Waals surface area (Å²) in [5.41, 5.74) is 13.2. The summed E-state index contributed by atoms with van der Waals surface area (Å²) in [4.78, 5) is 2.40. The molecule has 0 fully saturated rings. The Morgan fingerprint density at radius 2 is 1.10 bits per heavy atom. The molecule has 0 aromatic heterocycles. The summed E-state index contributed by atoms with van der Waals surface area (Å²) in [6, 6.07) is 61.3. The lowest BCUT2D eigenvalue weighted by molar-refractivity contribution is 0.262. The second kappa shape index (κ2) is 11.4. The van der Waals surface area contributed by atoms with Gasteiger partial charge in [0.05, 0.1) is 5.69 Å². The molecule has 0 bridgehead atoms. The molecule has 51 heavy (non-hydrogen) atoms. The first-order chi connectivity index (χ1) is 25.0. The molecular weight excluding hydrogens is 621 g/mol. The highest BCUT2D eigenvalue weighted by molar-refractivity contribution is 6.18. The van der Waals surface area contributed by atoms with Crippen LogP contribution in [0.5, 0.6) is 5.75 Å². The maximum Gasteiger partial charge on any atom is 0.196 e. The fourth-order valence-corrected chi connectivity index (χ4v) is 8.32. The molecule has 0 spiro atoms. The molecule has 1 aliphatic carbocycles. The Morgan fingerprint density at radius 1 is 0.490 bits per heavy atom. The van der Waals surface area contributed by atoms with Gasteiger partial charge < -0.3 is 15.0 Å². The molecule has 8 aromatic carbocycles. The summed E-state index contributed by atoms with van der Waals surface area (Å²) in [5.74, 6) is 0.903. The van der Waals surface area contributed by atoms with Crippen molar-refractivity contribution < 1.29 is 4.74 Å². The van der Waals surface area contributed by atoms with Crippen molar-refractivity contribution >= 4 is 44.3 Å². The predicted molar refractivity (Wildman–Crippen MR) is 213 cm³/mol. The molecule has 10 rings (SSSR count). The minimum absolute atomic E-state index is 0.107. The number of ether oxygens (including phenoxy) is 1. The van der Waals surface area contributed by atoms with Crippen LogP contribution in [0.1, 0.15) is 36.8 Å². The normalized spacial score (nSPS) is 15.1. The number of rotatable bonds is 5. The lowest BCUT2D eigenvalue weighted by Gasteiger charge is -2.28. The summed E-state index contributed by atoms with van der Waals surface area (Å²) in [5, 5.41) is 8.32. The first kappa shape index (κ1) is 29.6. The first-order valence-electron chi connectivity index (χ1n) is 17.7. The van der Waals surface area contributed by atoms with Crippen molar-refractivity contribution in [2.24, 2.45) is 0 Å². The van der Waals surface area contributed by atoms with Crippen LogP contribution in [0, 0.1) is 0 Å². The van der Waals surface area contributed by atoms with E-state index in [1.165, 1.54) is 38.8 Å². The Kier molecular flexibility index (Phi) is 6.59. The van der Waals surface area contributed by atoms with Gasteiger partial charge in [-0.2, -0.15) is 0 Å². The number of nitrogens with zero attached hydrogens (tertiary/aromatic N) is 1. The minimum Gasteiger partial charge on any atom is -0.464 e. The molecule has 0 saturated heterocycles. The van der Waals surface area contributed by atoms with Crippen molar-refractivity contribution in [3.05, 3.63) is 187 Å². The molecule has 1 heterocycles. The maximum absolute atomic E-state index is 6.72. The SMILES string of the molecule is CC1(C)c2ccccc2-c2ccc(N(c3ccc(-c4ccccc4)cc3)c3ccc4c5c(c6ccccc6c4c3)NC(c3ccccc3)O5)cc21. The zero-order valence-corrected chi connectivity index (χ0v) is 28.6. The van der Waals surface area contributed by atoms with E-state index in [-0.39, 0.29) is 11.6 Å². The molecule has 244 valence electrons. The van der Waals surface area contributed by atoms with E-state index in [9.17, 15) is 0 Å². The number of hydrogen-bond acceptors (Lipinski definition) is 3. The first-order valence-corrected chi connectivity index (χ1v) is 17.7. The van der Waals surface area contributed by atoms with Crippen LogP contribution in [-0.2, 0) is 5.41 Å². The number of hydrogen-bond donors (Lipinski definition) is 1. The molecule has 0 radical (unpaired) electrons. The van der Waals surface area contributed by atoms with Gasteiger partial charge in [0.2, 0.25) is 0 Å². The lowest BCUT2D eigenvalue weighted by Crippen LogP contribution is -2.16. The highest BCUT2D eigenvalue weighted by Gasteiger charge is 2.36. The zero-order valence-electron chi connectivity index (χ0n) is 28.6. The van der Waals surface area contributed by atoms with Crippen LogP contribution in [0.15, 0.2) is 170 Å². The molecule has 3 nitrogen and oxygen atoms in total. The van der Waals surface area contributed by atoms with Gasteiger partial charge in [-0.3, -0.25) is 0 Å². The van der Waals surface area contributed by atoms with Crippen molar-refractivity contribution in [2.45, 2.75) is 25.5 Å². The third-order valence-electron chi connectivity index (χ3n) is 10.9. The van der Waals surface area contributed by atoms with Crippen LogP contribution >= 0.6 is 0 Å². The zero-order chi connectivity index (χ0) is 34.1. The molecule has 1 atom stereocenters. The van der Waals surface area contributed by atoms with Gasteiger partial charge in [0, 0.05) is 38.8 Å². The van der Waals surface area contributed by atoms with Gasteiger partial charge in [-0.1, -0.05) is 141 Å². The standard InChI is InChI=1S/C48H36N2O/c1-48(2)43-20-12-11-18-38(43)39-27-25-36(30-44(39)48)50(34-23-21-32(22-24-34)31-13-5-3-6-14-31)35-26-28-41-42(29-35)37-17-9-10-19-40(37)45-46(41)51-47(49-45)33-15-7-4-8-16-33/h3-30,47,49H,1-2H3. The Bertz CT molecular complexity index is 2610. The van der Waals surface area contributed by atoms with Crippen LogP contribution in [0.2, 0.25) is 0 Å². The average Bonchev–Trinajstić information content (AvgIpc) is 3.74. The van der Waals surface area contributed by atoms with Gasteiger partial charge in [-0.05, 0) is 86.6 Å². The molecular formula is C48H36N2O. The molecule has 0 saturated carbocycles. The lowest BCUT2D eigenvalue weighted by atomic mass is 9.82. The number of nitrogens with one attached hydrogen (secondary N) is 1. The molecule has 8 aromatic rings. The van der Waals surface area contributed by atoms with Crippen LogP contribution in [0.4, 0.5) is 22.7 Å². The third kappa shape index (κ3) is 4.65. The molecule has 3 heteroatoms. The largest absolute Gasteiger partial charge is 0.464 e. The van der Waals surface area contributed by atoms with E-state index in [1.54, 1.807) is 0 Å². The Balaban J connectivity index is 1.15. The van der Waals surface area contributed by atoms with E-state index in [4.69, 9.17) is 4.74 Å². The van der Waals surface area contributed by atoms with E-state index in [1.807, 2.05) is 6.07 Å². The summed E-state index contributed by atoms with van der Waals surface area (Å²) in [6.07, 6.45) is -0.242. The van der Waals surface area contributed by atoms with Gasteiger partial charge in [-0.25, -0.2) is 0 Å². The van der Waals surface area contributed by atoms with E-state index < -0.39 is 0 Å². The summed E-state index contributed by atoms with van der Waals surface area (Å²) in [7, 11) is 0. The molecule has 0 amide bonds. The van der Waals surface area contributed by atoms with Gasteiger partial charge in [-0.15, -0.1) is 0 Å². The summed E-state index contributed by atoms with van der Waals surface area (Å²) >= 11 is 0.